The molecule has 0 aliphatic carbocycles. The Morgan fingerprint density at radius 1 is 1.26 bits per heavy atom. The number of hydrogen-bond donors (Lipinski definition) is 2. The molecule has 0 saturated heterocycles. The molecule has 3 aromatic rings. The van der Waals surface area contributed by atoms with Gasteiger partial charge in [0.05, 0.1) is 19.2 Å². The van der Waals surface area contributed by atoms with Gasteiger partial charge in [0.15, 0.2) is 0 Å². The van der Waals surface area contributed by atoms with E-state index in [1.165, 1.54) is 10.7 Å². The molecule has 0 aliphatic rings. The quantitative estimate of drug-likeness (QED) is 0.694. The minimum absolute atomic E-state index is 0.199. The van der Waals surface area contributed by atoms with Crippen molar-refractivity contribution in [3.05, 3.63) is 63.7 Å². The molecule has 0 unspecified atom stereocenters. The van der Waals surface area contributed by atoms with Gasteiger partial charge in [-0.15, -0.1) is 0 Å². The molecule has 0 spiro atoms. The van der Waals surface area contributed by atoms with Gasteiger partial charge in [-0.3, -0.25) is 14.6 Å². The van der Waals surface area contributed by atoms with Gasteiger partial charge in [-0.05, 0) is 31.0 Å². The van der Waals surface area contributed by atoms with Gasteiger partial charge in [0.2, 0.25) is 11.9 Å². The largest absolute Gasteiger partial charge is 0.497 e. The van der Waals surface area contributed by atoms with E-state index in [4.69, 9.17) is 4.74 Å². The molecule has 8 nitrogen and oxygen atoms in total. The summed E-state index contributed by atoms with van der Waals surface area (Å²) >= 11 is 0. The number of nitrogens with one attached hydrogen (secondary N) is 2. The fourth-order valence-corrected chi connectivity index (χ4v) is 2.64. The van der Waals surface area contributed by atoms with Crippen molar-refractivity contribution in [1.29, 1.82) is 0 Å². The van der Waals surface area contributed by atoms with Crippen LogP contribution in [0, 0.1) is 6.92 Å². The van der Waals surface area contributed by atoms with Gasteiger partial charge in [0, 0.05) is 17.8 Å². The molecule has 2 aromatic heterocycles. The van der Waals surface area contributed by atoms with Gasteiger partial charge in [-0.1, -0.05) is 19.1 Å². The highest BCUT2D eigenvalue weighted by molar-refractivity contribution is 5.91. The number of carbonyl (C=O) groups is 1. The molecule has 2 heterocycles. The number of aromatic nitrogens is 4. The van der Waals surface area contributed by atoms with E-state index in [2.05, 4.69) is 20.4 Å². The number of hydrogen-bond acceptors (Lipinski definition) is 5. The van der Waals surface area contributed by atoms with Crippen molar-refractivity contribution in [2.45, 2.75) is 26.7 Å². The summed E-state index contributed by atoms with van der Waals surface area (Å²) in [4.78, 5) is 31.3. The predicted octanol–water partition coefficient (Wildman–Crippen LogP) is 2.02. The minimum Gasteiger partial charge on any atom is -0.497 e. The first kappa shape index (κ1) is 18.4. The molecule has 0 aliphatic heterocycles. The number of aromatic amines is 1. The van der Waals surface area contributed by atoms with Crippen molar-refractivity contribution in [2.75, 3.05) is 12.4 Å². The zero-order valence-corrected chi connectivity index (χ0v) is 15.4. The summed E-state index contributed by atoms with van der Waals surface area (Å²) in [6, 6.07) is 10.5. The van der Waals surface area contributed by atoms with Gasteiger partial charge in [-0.25, -0.2) is 4.98 Å². The molecule has 0 bridgehead atoms. The van der Waals surface area contributed by atoms with Crippen molar-refractivity contribution in [3.63, 3.8) is 0 Å². The van der Waals surface area contributed by atoms with Gasteiger partial charge >= 0.3 is 0 Å². The third-order valence-electron chi connectivity index (χ3n) is 3.97. The average Bonchev–Trinajstić information content (AvgIpc) is 3.01. The number of aryl methyl sites for hydroxylation is 2. The Hall–Kier alpha value is -3.42. The summed E-state index contributed by atoms with van der Waals surface area (Å²) in [5, 5.41) is 7.17. The Balaban J connectivity index is 1.82. The second-order valence-corrected chi connectivity index (χ2v) is 6.07. The normalized spacial score (nSPS) is 10.6. The van der Waals surface area contributed by atoms with Crippen molar-refractivity contribution in [3.8, 4) is 11.7 Å². The molecular formula is C19H21N5O3. The van der Waals surface area contributed by atoms with Crippen molar-refractivity contribution in [1.82, 2.24) is 19.7 Å². The zero-order chi connectivity index (χ0) is 19.4. The summed E-state index contributed by atoms with van der Waals surface area (Å²) in [7, 11) is 1.59. The topological polar surface area (TPSA) is 102 Å². The van der Waals surface area contributed by atoms with Crippen LogP contribution >= 0.6 is 0 Å². The van der Waals surface area contributed by atoms with E-state index in [0.29, 0.717) is 23.6 Å². The number of rotatable bonds is 6. The molecule has 27 heavy (non-hydrogen) atoms. The SMILES string of the molecule is CCc1cc(=O)[nH]c(-n2nc(C)cc2NC(=O)Cc2ccc(OC)cc2)n1. The Kier molecular flexibility index (Phi) is 5.35. The fourth-order valence-electron chi connectivity index (χ4n) is 2.64. The molecule has 1 aromatic carbocycles. The average molecular weight is 367 g/mol. The molecule has 2 N–H and O–H groups in total. The van der Waals surface area contributed by atoms with Gasteiger partial charge < -0.3 is 10.1 Å². The Morgan fingerprint density at radius 3 is 2.67 bits per heavy atom. The lowest BCUT2D eigenvalue weighted by atomic mass is 10.1. The van der Waals surface area contributed by atoms with E-state index in [0.717, 1.165) is 11.3 Å². The summed E-state index contributed by atoms with van der Waals surface area (Å²) in [6.07, 6.45) is 0.823. The number of anilines is 1. The first-order valence-electron chi connectivity index (χ1n) is 8.58. The van der Waals surface area contributed by atoms with E-state index in [-0.39, 0.29) is 23.8 Å². The van der Waals surface area contributed by atoms with Gasteiger partial charge in [-0.2, -0.15) is 9.78 Å². The van der Waals surface area contributed by atoms with Crippen LogP contribution in [-0.4, -0.2) is 32.8 Å². The van der Waals surface area contributed by atoms with Crippen LogP contribution in [0.4, 0.5) is 5.82 Å². The van der Waals surface area contributed by atoms with Crippen LogP contribution in [0.2, 0.25) is 0 Å². The minimum atomic E-state index is -0.263. The molecule has 0 saturated carbocycles. The highest BCUT2D eigenvalue weighted by Crippen LogP contribution is 2.16. The first-order chi connectivity index (χ1) is 13.0. The number of methoxy groups -OCH3 is 1. The van der Waals surface area contributed by atoms with Gasteiger partial charge in [0.25, 0.3) is 5.56 Å². The molecular weight excluding hydrogens is 346 g/mol. The third-order valence-corrected chi connectivity index (χ3v) is 3.97. The number of H-pyrrole nitrogens is 1. The molecule has 3 rings (SSSR count). The lowest BCUT2D eigenvalue weighted by Gasteiger charge is -2.09. The van der Waals surface area contributed by atoms with Crippen LogP contribution in [0.5, 0.6) is 5.75 Å². The molecule has 0 radical (unpaired) electrons. The second-order valence-electron chi connectivity index (χ2n) is 6.07. The maximum atomic E-state index is 12.4. The molecule has 8 heteroatoms. The Bertz CT molecular complexity index is 1000. The number of ether oxygens (including phenoxy) is 1. The number of benzene rings is 1. The van der Waals surface area contributed by atoms with Crippen LogP contribution in [0.25, 0.3) is 5.95 Å². The lowest BCUT2D eigenvalue weighted by Crippen LogP contribution is -2.20. The molecule has 1 amide bonds. The van der Waals surface area contributed by atoms with Crippen molar-refractivity contribution in [2.24, 2.45) is 0 Å². The van der Waals surface area contributed by atoms with Crippen LogP contribution in [0.15, 0.2) is 41.2 Å². The first-order valence-corrected chi connectivity index (χ1v) is 8.58. The highest BCUT2D eigenvalue weighted by atomic mass is 16.5. The molecule has 0 fully saturated rings. The molecule has 0 atom stereocenters. The predicted molar refractivity (Wildman–Crippen MR) is 101 cm³/mol. The number of carbonyl (C=O) groups excluding carboxylic acids is 1. The maximum Gasteiger partial charge on any atom is 0.252 e. The summed E-state index contributed by atoms with van der Waals surface area (Å²) in [5.74, 6) is 1.25. The van der Waals surface area contributed by atoms with Crippen LogP contribution < -0.4 is 15.6 Å². The van der Waals surface area contributed by atoms with Crippen LogP contribution in [0.3, 0.4) is 0 Å². The van der Waals surface area contributed by atoms with Crippen LogP contribution in [0.1, 0.15) is 23.9 Å². The second kappa shape index (κ2) is 7.86. The number of amides is 1. The zero-order valence-electron chi connectivity index (χ0n) is 15.4. The number of nitrogens with zero attached hydrogens (tertiary/aromatic N) is 3. The van der Waals surface area contributed by atoms with E-state index in [1.54, 1.807) is 20.1 Å². The standard InChI is InChI=1S/C19H21N5O3/c1-4-14-11-18(26)22-19(20-14)24-16(9-12(2)23-24)21-17(25)10-13-5-7-15(27-3)8-6-13/h5-9,11H,4,10H2,1-3H3,(H,21,25)(H,20,22,26). The van der Waals surface area contributed by atoms with E-state index in [1.807, 2.05) is 31.2 Å². The molecule has 140 valence electrons. The van der Waals surface area contributed by atoms with Gasteiger partial charge in [0.1, 0.15) is 11.6 Å². The lowest BCUT2D eigenvalue weighted by molar-refractivity contribution is -0.115. The van der Waals surface area contributed by atoms with Crippen LogP contribution in [-0.2, 0) is 17.6 Å². The maximum absolute atomic E-state index is 12.4. The smallest absolute Gasteiger partial charge is 0.252 e. The Morgan fingerprint density at radius 2 is 2.00 bits per heavy atom. The monoisotopic (exact) mass is 367 g/mol. The third kappa shape index (κ3) is 4.41. The summed E-state index contributed by atoms with van der Waals surface area (Å²) < 4.78 is 6.55. The fraction of sp³-hybridized carbons (Fsp3) is 0.263. The van der Waals surface area contributed by atoms with Crippen molar-refractivity contribution < 1.29 is 9.53 Å². The van der Waals surface area contributed by atoms with Crippen molar-refractivity contribution >= 4 is 11.7 Å². The highest BCUT2D eigenvalue weighted by Gasteiger charge is 2.14. The summed E-state index contributed by atoms with van der Waals surface area (Å²) in [6.45, 7) is 3.72. The van der Waals surface area contributed by atoms with E-state index in [9.17, 15) is 9.59 Å². The van der Waals surface area contributed by atoms with E-state index >= 15 is 0 Å². The van der Waals surface area contributed by atoms with E-state index < -0.39 is 0 Å². The summed E-state index contributed by atoms with van der Waals surface area (Å²) in [5.41, 5.74) is 1.94. The Labute approximate surface area is 156 Å².